The third-order valence-electron chi connectivity index (χ3n) is 3.05. The lowest BCUT2D eigenvalue weighted by atomic mass is 10.3. The van der Waals surface area contributed by atoms with E-state index >= 15 is 0 Å². The van der Waals surface area contributed by atoms with Gasteiger partial charge in [0.15, 0.2) is 0 Å². The van der Waals surface area contributed by atoms with Crippen molar-refractivity contribution in [3.05, 3.63) is 40.0 Å². The van der Waals surface area contributed by atoms with E-state index in [2.05, 4.69) is 4.74 Å². The highest BCUT2D eigenvalue weighted by molar-refractivity contribution is 7.89. The maximum Gasteiger partial charge on any atom is 0.349 e. The first-order valence-electron chi connectivity index (χ1n) is 6.03. The third-order valence-corrected chi connectivity index (χ3v) is 5.92. The van der Waals surface area contributed by atoms with E-state index in [9.17, 15) is 13.2 Å². The van der Waals surface area contributed by atoms with Crippen molar-refractivity contribution in [1.82, 2.24) is 4.31 Å². The van der Waals surface area contributed by atoms with Crippen LogP contribution >= 0.6 is 11.3 Å². The first kappa shape index (κ1) is 15.7. The van der Waals surface area contributed by atoms with Gasteiger partial charge in [-0.2, -0.15) is 4.31 Å². The number of sulfonamides is 1. The van der Waals surface area contributed by atoms with Gasteiger partial charge in [-0.15, -0.1) is 11.3 Å². The van der Waals surface area contributed by atoms with Crippen LogP contribution in [0.4, 0.5) is 0 Å². The maximum atomic E-state index is 12.6. The van der Waals surface area contributed by atoms with Gasteiger partial charge in [0.1, 0.15) is 15.5 Å². The lowest BCUT2D eigenvalue weighted by Gasteiger charge is -2.16. The molecule has 2 aromatic rings. The molecule has 2 rings (SSSR count). The number of aryl methyl sites for hydroxylation is 1. The van der Waals surface area contributed by atoms with Crippen molar-refractivity contribution in [2.45, 2.75) is 18.4 Å². The Kier molecular flexibility index (Phi) is 4.50. The zero-order valence-electron chi connectivity index (χ0n) is 11.8. The molecular weight excluding hydrogens is 314 g/mol. The molecule has 114 valence electrons. The largest absolute Gasteiger partial charge is 0.469 e. The van der Waals surface area contributed by atoms with Crippen molar-refractivity contribution >= 4 is 27.3 Å². The molecule has 0 spiro atoms. The van der Waals surface area contributed by atoms with Crippen LogP contribution in [0.15, 0.2) is 33.1 Å². The zero-order chi connectivity index (χ0) is 15.6. The van der Waals surface area contributed by atoms with Gasteiger partial charge in [-0.25, -0.2) is 13.2 Å². The van der Waals surface area contributed by atoms with E-state index in [1.807, 2.05) is 0 Å². The summed E-state index contributed by atoms with van der Waals surface area (Å²) < 4.78 is 36.1. The fourth-order valence-corrected chi connectivity index (χ4v) is 4.26. The Labute approximate surface area is 127 Å². The van der Waals surface area contributed by atoms with Crippen LogP contribution in [-0.4, -0.2) is 32.8 Å². The Morgan fingerprint density at radius 1 is 1.43 bits per heavy atom. The minimum atomic E-state index is -3.77. The third kappa shape index (κ3) is 3.02. The average Bonchev–Trinajstić information content (AvgIpc) is 3.08. The summed E-state index contributed by atoms with van der Waals surface area (Å²) in [7, 11) is -1.09. The van der Waals surface area contributed by atoms with Crippen molar-refractivity contribution in [3.63, 3.8) is 0 Å². The minimum Gasteiger partial charge on any atom is -0.469 e. The molecule has 2 heterocycles. The highest BCUT2D eigenvalue weighted by Crippen LogP contribution is 2.26. The predicted octanol–water partition coefficient (Wildman–Crippen LogP) is 2.26. The molecule has 0 fully saturated rings. The topological polar surface area (TPSA) is 76.8 Å². The van der Waals surface area contributed by atoms with E-state index in [0.717, 1.165) is 16.9 Å². The molecule has 0 N–H and O–H groups in total. The summed E-state index contributed by atoms with van der Waals surface area (Å²) in [4.78, 5) is 11.7. The second-order valence-corrected chi connectivity index (χ2v) is 7.30. The van der Waals surface area contributed by atoms with Gasteiger partial charge in [-0.3, -0.25) is 0 Å². The molecule has 0 bridgehead atoms. The number of esters is 1. The van der Waals surface area contributed by atoms with Gasteiger partial charge in [-0.05, 0) is 24.4 Å². The summed E-state index contributed by atoms with van der Waals surface area (Å²) in [5.41, 5.74) is 0.774. The van der Waals surface area contributed by atoms with Gasteiger partial charge < -0.3 is 9.15 Å². The number of hydrogen-bond acceptors (Lipinski definition) is 6. The predicted molar refractivity (Wildman–Crippen MR) is 77.8 cm³/mol. The number of carbonyl (C=O) groups is 1. The van der Waals surface area contributed by atoms with Crippen LogP contribution in [0.5, 0.6) is 0 Å². The Balaban J connectivity index is 2.32. The van der Waals surface area contributed by atoms with Crippen molar-refractivity contribution in [2.75, 3.05) is 14.2 Å². The van der Waals surface area contributed by atoms with Gasteiger partial charge in [0.25, 0.3) is 0 Å². The molecule has 6 nitrogen and oxygen atoms in total. The Morgan fingerprint density at radius 2 is 2.14 bits per heavy atom. The van der Waals surface area contributed by atoms with Crippen LogP contribution in [0.2, 0.25) is 0 Å². The number of carbonyl (C=O) groups excluding carboxylic acids is 1. The molecule has 0 saturated heterocycles. The molecule has 0 atom stereocenters. The quantitative estimate of drug-likeness (QED) is 0.786. The molecule has 0 radical (unpaired) electrons. The number of ether oxygens (including phenoxy) is 1. The van der Waals surface area contributed by atoms with Crippen molar-refractivity contribution in [3.8, 4) is 0 Å². The molecule has 0 aliphatic heterocycles. The smallest absolute Gasteiger partial charge is 0.349 e. The summed E-state index contributed by atoms with van der Waals surface area (Å²) in [5, 5.41) is 1.55. The van der Waals surface area contributed by atoms with Crippen LogP contribution in [0.3, 0.4) is 0 Å². The van der Waals surface area contributed by atoms with Crippen LogP contribution in [0.25, 0.3) is 0 Å². The summed E-state index contributed by atoms with van der Waals surface area (Å²) in [6.07, 6.45) is 1.51. The standard InChI is InChI=1S/C13H15NO5S2/c1-9-10(4-6-19-9)8-14(2)21(16,17)11-5-7-20-12(11)13(15)18-3/h4-7H,8H2,1-3H3. The minimum absolute atomic E-state index is 0.0389. The van der Waals surface area contributed by atoms with Gasteiger partial charge in [-0.1, -0.05) is 0 Å². The SMILES string of the molecule is COC(=O)c1sccc1S(=O)(=O)N(C)Cc1ccoc1C. The zero-order valence-corrected chi connectivity index (χ0v) is 13.5. The fraction of sp³-hybridized carbons (Fsp3) is 0.308. The Morgan fingerprint density at radius 3 is 2.71 bits per heavy atom. The monoisotopic (exact) mass is 329 g/mol. The van der Waals surface area contributed by atoms with Gasteiger partial charge in [0.05, 0.1) is 13.4 Å². The number of methoxy groups -OCH3 is 1. The average molecular weight is 329 g/mol. The molecular formula is C13H15NO5S2. The van der Waals surface area contributed by atoms with Crippen LogP contribution in [0, 0.1) is 6.92 Å². The normalized spacial score (nSPS) is 11.8. The first-order valence-corrected chi connectivity index (χ1v) is 8.35. The van der Waals surface area contributed by atoms with Crippen molar-refractivity contribution in [1.29, 1.82) is 0 Å². The van der Waals surface area contributed by atoms with E-state index in [0.29, 0.717) is 5.76 Å². The molecule has 0 aromatic carbocycles. The summed E-state index contributed by atoms with van der Waals surface area (Å²) in [6.45, 7) is 1.93. The molecule has 2 aromatic heterocycles. The molecule has 0 unspecified atom stereocenters. The lowest BCUT2D eigenvalue weighted by Crippen LogP contribution is -2.27. The molecule has 0 saturated carbocycles. The van der Waals surface area contributed by atoms with Crippen LogP contribution in [0.1, 0.15) is 21.0 Å². The molecule has 0 amide bonds. The summed E-state index contributed by atoms with van der Waals surface area (Å²) >= 11 is 1.04. The number of furan rings is 1. The number of hydrogen-bond donors (Lipinski definition) is 0. The van der Waals surface area contributed by atoms with E-state index in [1.165, 1.54) is 30.8 Å². The highest BCUT2D eigenvalue weighted by atomic mass is 32.2. The summed E-state index contributed by atoms with van der Waals surface area (Å²) in [6, 6.07) is 3.13. The number of nitrogens with zero attached hydrogens (tertiary/aromatic N) is 1. The van der Waals surface area contributed by atoms with Crippen molar-refractivity contribution < 1.29 is 22.4 Å². The Bertz CT molecular complexity index is 744. The second kappa shape index (κ2) is 6.00. The molecule has 0 aliphatic carbocycles. The van der Waals surface area contributed by atoms with Gasteiger partial charge >= 0.3 is 5.97 Å². The van der Waals surface area contributed by atoms with E-state index in [4.69, 9.17) is 4.42 Å². The fourth-order valence-electron chi connectivity index (χ4n) is 1.81. The van der Waals surface area contributed by atoms with E-state index < -0.39 is 16.0 Å². The van der Waals surface area contributed by atoms with Gasteiger partial charge in [0, 0.05) is 19.2 Å². The van der Waals surface area contributed by atoms with Gasteiger partial charge in [0.2, 0.25) is 10.0 Å². The second-order valence-electron chi connectivity index (χ2n) is 4.37. The van der Waals surface area contributed by atoms with Crippen LogP contribution in [-0.2, 0) is 21.3 Å². The first-order chi connectivity index (χ1) is 9.87. The Hall–Kier alpha value is -1.64. The van der Waals surface area contributed by atoms with Crippen molar-refractivity contribution in [2.24, 2.45) is 0 Å². The summed E-state index contributed by atoms with van der Waals surface area (Å²) in [5.74, 6) is 0.00651. The highest BCUT2D eigenvalue weighted by Gasteiger charge is 2.28. The molecule has 0 aliphatic rings. The van der Waals surface area contributed by atoms with Crippen LogP contribution < -0.4 is 0 Å². The lowest BCUT2D eigenvalue weighted by molar-refractivity contribution is 0.0602. The molecule has 21 heavy (non-hydrogen) atoms. The van der Waals surface area contributed by atoms with E-state index in [1.54, 1.807) is 18.4 Å². The number of rotatable bonds is 5. The maximum absolute atomic E-state index is 12.6. The van der Waals surface area contributed by atoms with E-state index in [-0.39, 0.29) is 16.3 Å². The molecule has 8 heteroatoms. The number of thiophene rings is 1.